The normalized spacial score (nSPS) is 13.5. The maximum atomic E-state index is 7.46. The number of hydrogen-bond donors (Lipinski definition) is 0. The van der Waals surface area contributed by atoms with Gasteiger partial charge in [-0.2, -0.15) is 0 Å². The van der Waals surface area contributed by atoms with Gasteiger partial charge in [-0.15, -0.1) is 0 Å². The third-order valence-electron chi connectivity index (χ3n) is 12.2. The quantitative estimate of drug-likeness (QED) is 0.0636. The van der Waals surface area contributed by atoms with Crippen LogP contribution in [0.5, 0.6) is 17.2 Å². The minimum absolute atomic E-state index is 0.000649. The Morgan fingerprint density at radius 1 is 0.574 bits per heavy atom. The molecule has 0 saturated carbocycles. The van der Waals surface area contributed by atoms with Crippen LogP contribution in [0, 0.1) is 0 Å². The Kier molecular flexibility index (Phi) is 13.6. The first-order valence-electron chi connectivity index (χ1n) is 22.5. The van der Waals surface area contributed by atoms with Crippen molar-refractivity contribution in [2.24, 2.45) is 0 Å². The summed E-state index contributed by atoms with van der Waals surface area (Å²) in [5.74, 6) is 2.97. The Morgan fingerprint density at radius 3 is 1.74 bits per heavy atom. The van der Waals surface area contributed by atoms with Crippen LogP contribution in [0.3, 0.4) is 0 Å². The smallest absolute Gasteiger partial charge is 0.453 e. The summed E-state index contributed by atoms with van der Waals surface area (Å²) >= 11 is 0. The summed E-state index contributed by atoms with van der Waals surface area (Å²) in [5, 5.41) is 7.70. The van der Waals surface area contributed by atoms with Crippen LogP contribution >= 0.6 is 17.0 Å². The van der Waals surface area contributed by atoms with Gasteiger partial charge in [0.15, 0.2) is 28.0 Å². The lowest BCUT2D eigenvalue weighted by molar-refractivity contribution is 0.134. The molecule has 5 nitrogen and oxygen atoms in total. The van der Waals surface area contributed by atoms with E-state index in [-0.39, 0.29) is 8.81 Å². The van der Waals surface area contributed by atoms with Crippen molar-refractivity contribution < 1.29 is 22.2 Å². The molecule has 0 radical (unpaired) electrons. The van der Waals surface area contributed by atoms with E-state index in [1.165, 1.54) is 43.2 Å². The van der Waals surface area contributed by atoms with Crippen LogP contribution in [-0.2, 0) is 0 Å². The van der Waals surface area contributed by atoms with E-state index in [0.717, 1.165) is 85.7 Å². The van der Waals surface area contributed by atoms with Crippen LogP contribution < -0.4 is 13.8 Å². The standard InChI is InChI=1S/C54H60O5P2/c1-7-10-11-12-13-21-38(6)44-29-20-28-43(37(4)5)51(44)55-54(9-3,34-8-2)60-56-49-35-41-24-14-15-25-42(41)36-50(49)57-61-58-52-45-26-18-16-22-39(45)30-32-47(52)48-33-31-40-23-17-19-27-46(40)53(48)59-61/h14-20,22-33,35-38,60H,7-13,21,34H2,1-6H3. The fourth-order valence-electron chi connectivity index (χ4n) is 8.68. The highest BCUT2D eigenvalue weighted by Crippen LogP contribution is 2.50. The Hall–Kier alpha value is -4.95. The van der Waals surface area contributed by atoms with E-state index in [1.807, 2.05) is 0 Å². The Balaban J connectivity index is 1.20. The van der Waals surface area contributed by atoms with Crippen LogP contribution in [0.4, 0.5) is 0 Å². The van der Waals surface area contributed by atoms with Crippen molar-refractivity contribution in [3.8, 4) is 17.2 Å². The Labute approximate surface area is 364 Å². The summed E-state index contributed by atoms with van der Waals surface area (Å²) < 4.78 is 35.3. The molecule has 0 saturated heterocycles. The van der Waals surface area contributed by atoms with Crippen LogP contribution in [0.1, 0.15) is 122 Å². The lowest BCUT2D eigenvalue weighted by Crippen LogP contribution is -2.32. The average molecular weight is 851 g/mol. The number of para-hydroxylation sites is 1. The van der Waals surface area contributed by atoms with Crippen LogP contribution in [0.2, 0.25) is 0 Å². The van der Waals surface area contributed by atoms with Crippen molar-refractivity contribution in [1.82, 2.24) is 0 Å². The van der Waals surface area contributed by atoms with Crippen LogP contribution in [0.25, 0.3) is 54.3 Å². The lowest BCUT2D eigenvalue weighted by atomic mass is 9.89. The number of benzene rings is 7. The van der Waals surface area contributed by atoms with Crippen LogP contribution in [0.15, 0.2) is 136 Å². The van der Waals surface area contributed by atoms with Gasteiger partial charge in [0.05, 0.1) is 0 Å². The molecule has 1 heterocycles. The topological polar surface area (TPSA) is 54.0 Å². The molecule has 8 rings (SSSR count). The summed E-state index contributed by atoms with van der Waals surface area (Å²) in [4.78, 5) is 0. The predicted octanol–water partition coefficient (Wildman–Crippen LogP) is 18.1. The van der Waals surface area contributed by atoms with Crippen molar-refractivity contribution in [1.29, 1.82) is 0 Å². The zero-order valence-corrected chi connectivity index (χ0v) is 38.5. The highest BCUT2D eigenvalue weighted by molar-refractivity contribution is 7.34. The van der Waals surface area contributed by atoms with Gasteiger partial charge in [0.1, 0.15) is 14.6 Å². The molecule has 61 heavy (non-hydrogen) atoms. The zero-order valence-electron chi connectivity index (χ0n) is 36.6. The molecule has 0 spiro atoms. The van der Waals surface area contributed by atoms with E-state index in [4.69, 9.17) is 22.2 Å². The first-order valence-corrected chi connectivity index (χ1v) is 24.5. The summed E-state index contributed by atoms with van der Waals surface area (Å²) in [6, 6.07) is 44.5. The number of hydrogen-bond acceptors (Lipinski definition) is 5. The molecule has 0 aliphatic carbocycles. The van der Waals surface area contributed by atoms with Crippen molar-refractivity contribution in [2.75, 3.05) is 0 Å². The van der Waals surface area contributed by atoms with Gasteiger partial charge in [-0.1, -0.05) is 183 Å². The van der Waals surface area contributed by atoms with E-state index in [9.17, 15) is 0 Å². The fraction of sp³-hybridized carbons (Fsp3) is 0.333. The van der Waals surface area contributed by atoms with E-state index in [1.54, 1.807) is 0 Å². The summed E-state index contributed by atoms with van der Waals surface area (Å²) in [5.41, 5.74) is 4.06. The molecule has 0 amide bonds. The molecule has 8 aromatic rings. The van der Waals surface area contributed by atoms with Crippen LogP contribution in [-0.4, -0.2) is 5.34 Å². The molecule has 7 heteroatoms. The van der Waals surface area contributed by atoms with E-state index < -0.39 is 13.6 Å². The molecule has 0 aliphatic heterocycles. The first-order chi connectivity index (χ1) is 29.8. The second-order valence-corrected chi connectivity index (χ2v) is 19.2. The second kappa shape index (κ2) is 19.4. The fourth-order valence-corrected chi connectivity index (χ4v) is 10.9. The minimum atomic E-state index is -2.00. The number of rotatable bonds is 18. The molecular formula is C54H60O5P2. The molecular weight excluding hydrogens is 791 g/mol. The number of ether oxygens (including phenoxy) is 1. The van der Waals surface area contributed by atoms with Gasteiger partial charge < -0.3 is 22.2 Å². The van der Waals surface area contributed by atoms with Crippen molar-refractivity contribution >= 4 is 71.3 Å². The van der Waals surface area contributed by atoms with E-state index in [0.29, 0.717) is 23.3 Å². The third kappa shape index (κ3) is 9.30. The van der Waals surface area contributed by atoms with Gasteiger partial charge in [-0.3, -0.25) is 0 Å². The van der Waals surface area contributed by atoms with Gasteiger partial charge in [0, 0.05) is 21.5 Å². The molecule has 0 N–H and O–H groups in total. The van der Waals surface area contributed by atoms with Gasteiger partial charge >= 0.3 is 8.24 Å². The van der Waals surface area contributed by atoms with Gasteiger partial charge in [-0.25, -0.2) is 0 Å². The molecule has 3 unspecified atom stereocenters. The zero-order chi connectivity index (χ0) is 42.3. The summed E-state index contributed by atoms with van der Waals surface area (Å²) in [6.45, 7) is 13.7. The SMILES string of the molecule is CCCCCCCC(C)c1cccc(C(C)C)c1OC(CC)(CCC)POc1cc2ccccc2cc1Op1oc2c3ccccc3ccc2c2ccc3ccccc3c2o1. The van der Waals surface area contributed by atoms with Crippen molar-refractivity contribution in [3.63, 3.8) is 0 Å². The molecule has 316 valence electrons. The second-order valence-electron chi connectivity index (χ2n) is 16.9. The highest BCUT2D eigenvalue weighted by Gasteiger charge is 2.35. The van der Waals surface area contributed by atoms with Gasteiger partial charge in [0.2, 0.25) is 0 Å². The monoisotopic (exact) mass is 850 g/mol. The number of fused-ring (bicyclic) bond motifs is 8. The summed E-state index contributed by atoms with van der Waals surface area (Å²) in [7, 11) is -1.99. The van der Waals surface area contributed by atoms with E-state index in [2.05, 4.69) is 169 Å². The Morgan fingerprint density at radius 2 is 1.15 bits per heavy atom. The van der Waals surface area contributed by atoms with E-state index >= 15 is 0 Å². The third-order valence-corrected chi connectivity index (χ3v) is 14.6. The van der Waals surface area contributed by atoms with Gasteiger partial charge in [0.25, 0.3) is 0 Å². The lowest BCUT2D eigenvalue weighted by Gasteiger charge is -2.35. The molecule has 1 aromatic heterocycles. The number of unbranched alkanes of at least 4 members (excludes halogenated alkanes) is 4. The molecule has 0 bridgehead atoms. The molecule has 0 aliphatic rings. The molecule has 3 atom stereocenters. The predicted molar refractivity (Wildman–Crippen MR) is 261 cm³/mol. The minimum Gasteiger partial charge on any atom is -0.479 e. The van der Waals surface area contributed by atoms with Gasteiger partial charge in [-0.05, 0) is 88.0 Å². The molecule has 0 fully saturated rings. The molecule has 7 aromatic carbocycles. The average Bonchev–Trinajstić information content (AvgIpc) is 3.45. The van der Waals surface area contributed by atoms with Crippen molar-refractivity contribution in [3.05, 3.63) is 139 Å². The Bertz CT molecular complexity index is 2710. The maximum Gasteiger partial charge on any atom is 0.453 e. The first kappa shape index (κ1) is 42.7. The maximum absolute atomic E-state index is 7.46. The highest BCUT2D eigenvalue weighted by atomic mass is 31.1. The summed E-state index contributed by atoms with van der Waals surface area (Å²) in [6.07, 6.45) is 10.2. The van der Waals surface area contributed by atoms with Crippen molar-refractivity contribution in [2.45, 2.75) is 117 Å². The largest absolute Gasteiger partial charge is 0.479 e.